The number of likely N-dealkylation sites (tertiary alicyclic amines) is 1. The molecule has 0 radical (unpaired) electrons. The lowest BCUT2D eigenvalue weighted by molar-refractivity contribution is 0.169. The molecule has 5 heteroatoms. The van der Waals surface area contributed by atoms with Gasteiger partial charge in [-0.05, 0) is 58.7 Å². The number of aryl methyl sites for hydroxylation is 2. The van der Waals surface area contributed by atoms with Gasteiger partial charge in [-0.25, -0.2) is 0 Å². The van der Waals surface area contributed by atoms with Crippen molar-refractivity contribution in [3.63, 3.8) is 0 Å². The number of hydrogen-bond acceptors (Lipinski definition) is 4. The predicted octanol–water partition coefficient (Wildman–Crippen LogP) is 1.43. The van der Waals surface area contributed by atoms with Crippen LogP contribution in [0, 0.1) is 0 Å². The van der Waals surface area contributed by atoms with E-state index >= 15 is 0 Å². The van der Waals surface area contributed by atoms with Crippen LogP contribution in [0.1, 0.15) is 44.2 Å². The fraction of sp³-hybridized carbons (Fsp3) is 0.857. The van der Waals surface area contributed by atoms with Gasteiger partial charge in [0.15, 0.2) is 0 Å². The van der Waals surface area contributed by atoms with Crippen molar-refractivity contribution in [2.75, 3.05) is 20.1 Å². The molecule has 0 bridgehead atoms. The highest BCUT2D eigenvalue weighted by Crippen LogP contribution is 2.18. The summed E-state index contributed by atoms with van der Waals surface area (Å²) in [7, 11) is 2.24. The van der Waals surface area contributed by atoms with Crippen LogP contribution >= 0.6 is 0 Å². The summed E-state index contributed by atoms with van der Waals surface area (Å²) in [6, 6.07) is 0.721. The molecule has 1 aromatic heterocycles. The van der Waals surface area contributed by atoms with Gasteiger partial charge in [-0.1, -0.05) is 11.6 Å². The number of piperidine rings is 1. The molecule has 108 valence electrons. The number of unbranched alkanes of at least 4 members (excludes halogenated alkanes) is 1. The summed E-state index contributed by atoms with van der Waals surface area (Å²) in [6.45, 7) is 2.99. The molecule has 1 saturated heterocycles. The molecule has 2 N–H and O–H groups in total. The third-order valence-corrected chi connectivity index (χ3v) is 4.09. The smallest absolute Gasteiger partial charge is 0.0827 e. The Labute approximate surface area is 116 Å². The van der Waals surface area contributed by atoms with Crippen LogP contribution in [0.25, 0.3) is 0 Å². The maximum Gasteiger partial charge on any atom is 0.0827 e. The normalized spacial score (nSPS) is 20.8. The quantitative estimate of drug-likeness (QED) is 0.758. The molecule has 1 fully saturated rings. The standard InChI is InChI=1S/C14H27N5/c1-18-10-5-3-7-14(18)8-11-19-12-13(16-17-19)6-2-4-9-15/h12,14H,2-11,15H2,1H3. The Balaban J connectivity index is 1.73. The Morgan fingerprint density at radius 1 is 1.37 bits per heavy atom. The zero-order chi connectivity index (χ0) is 13.5. The zero-order valence-electron chi connectivity index (χ0n) is 12.1. The van der Waals surface area contributed by atoms with Crippen LogP contribution in [0.4, 0.5) is 0 Å². The molecule has 0 amide bonds. The van der Waals surface area contributed by atoms with Crippen molar-refractivity contribution in [3.8, 4) is 0 Å². The van der Waals surface area contributed by atoms with Crippen LogP contribution in [0.15, 0.2) is 6.20 Å². The molecule has 1 aromatic rings. The molecule has 1 atom stereocenters. The molecular formula is C14H27N5. The van der Waals surface area contributed by atoms with Crippen molar-refractivity contribution in [2.45, 2.75) is 57.5 Å². The number of nitrogens with zero attached hydrogens (tertiary/aromatic N) is 4. The van der Waals surface area contributed by atoms with Gasteiger partial charge < -0.3 is 10.6 Å². The van der Waals surface area contributed by atoms with Crippen molar-refractivity contribution < 1.29 is 0 Å². The average Bonchev–Trinajstić information content (AvgIpc) is 2.86. The lowest BCUT2D eigenvalue weighted by Crippen LogP contribution is -2.36. The topological polar surface area (TPSA) is 60.0 Å². The molecule has 1 aliphatic heterocycles. The second-order valence-corrected chi connectivity index (χ2v) is 5.64. The SMILES string of the molecule is CN1CCCCC1CCn1cc(CCCCN)nn1. The van der Waals surface area contributed by atoms with Crippen molar-refractivity contribution >= 4 is 0 Å². The van der Waals surface area contributed by atoms with Gasteiger partial charge in [-0.2, -0.15) is 0 Å². The van der Waals surface area contributed by atoms with Gasteiger partial charge in [0, 0.05) is 18.8 Å². The fourth-order valence-electron chi connectivity index (χ4n) is 2.80. The first-order valence-electron chi connectivity index (χ1n) is 7.59. The molecule has 2 rings (SSSR count). The Kier molecular flexibility index (Phi) is 5.79. The first kappa shape index (κ1) is 14.5. The molecular weight excluding hydrogens is 238 g/mol. The average molecular weight is 265 g/mol. The van der Waals surface area contributed by atoms with Crippen LogP contribution in [0.3, 0.4) is 0 Å². The van der Waals surface area contributed by atoms with Crippen molar-refractivity contribution in [1.82, 2.24) is 19.9 Å². The van der Waals surface area contributed by atoms with Gasteiger partial charge >= 0.3 is 0 Å². The van der Waals surface area contributed by atoms with Crippen molar-refractivity contribution in [3.05, 3.63) is 11.9 Å². The molecule has 0 saturated carbocycles. The molecule has 5 nitrogen and oxygen atoms in total. The highest BCUT2D eigenvalue weighted by molar-refractivity contribution is 4.92. The lowest BCUT2D eigenvalue weighted by atomic mass is 10.0. The van der Waals surface area contributed by atoms with Crippen LogP contribution in [0.2, 0.25) is 0 Å². The summed E-state index contributed by atoms with van der Waals surface area (Å²) < 4.78 is 2.00. The van der Waals surface area contributed by atoms with Crippen LogP contribution in [0.5, 0.6) is 0 Å². The third kappa shape index (κ3) is 4.58. The van der Waals surface area contributed by atoms with Gasteiger partial charge in [-0.3, -0.25) is 4.68 Å². The fourth-order valence-corrected chi connectivity index (χ4v) is 2.80. The van der Waals surface area contributed by atoms with Gasteiger partial charge in [0.2, 0.25) is 0 Å². The minimum absolute atomic E-state index is 0.721. The number of nitrogens with two attached hydrogens (primary N) is 1. The highest BCUT2D eigenvalue weighted by Gasteiger charge is 2.18. The van der Waals surface area contributed by atoms with Gasteiger partial charge in [-0.15, -0.1) is 5.10 Å². The van der Waals surface area contributed by atoms with E-state index in [1.807, 2.05) is 4.68 Å². The van der Waals surface area contributed by atoms with Crippen LogP contribution < -0.4 is 5.73 Å². The van der Waals surface area contributed by atoms with E-state index in [2.05, 4.69) is 28.5 Å². The van der Waals surface area contributed by atoms with Gasteiger partial charge in [0.1, 0.15) is 0 Å². The van der Waals surface area contributed by atoms with E-state index < -0.39 is 0 Å². The molecule has 2 heterocycles. The summed E-state index contributed by atoms with van der Waals surface area (Å²) in [5.74, 6) is 0. The highest BCUT2D eigenvalue weighted by atomic mass is 15.4. The second kappa shape index (κ2) is 7.60. The molecule has 0 aliphatic carbocycles. The minimum atomic E-state index is 0.721. The van der Waals surface area contributed by atoms with E-state index in [1.165, 1.54) is 32.2 Å². The zero-order valence-corrected chi connectivity index (χ0v) is 12.1. The monoisotopic (exact) mass is 265 g/mol. The lowest BCUT2D eigenvalue weighted by Gasteiger charge is -2.32. The predicted molar refractivity (Wildman–Crippen MR) is 76.9 cm³/mol. The Morgan fingerprint density at radius 3 is 3.05 bits per heavy atom. The third-order valence-electron chi connectivity index (χ3n) is 4.09. The second-order valence-electron chi connectivity index (χ2n) is 5.64. The molecule has 1 aliphatic rings. The first-order valence-corrected chi connectivity index (χ1v) is 7.59. The van der Waals surface area contributed by atoms with E-state index in [4.69, 9.17) is 5.73 Å². The van der Waals surface area contributed by atoms with Crippen molar-refractivity contribution in [2.24, 2.45) is 5.73 Å². The van der Waals surface area contributed by atoms with Crippen LogP contribution in [-0.2, 0) is 13.0 Å². The van der Waals surface area contributed by atoms with E-state index in [9.17, 15) is 0 Å². The largest absolute Gasteiger partial charge is 0.330 e. The summed E-state index contributed by atoms with van der Waals surface area (Å²) in [5.41, 5.74) is 6.60. The van der Waals surface area contributed by atoms with Gasteiger partial charge in [0.25, 0.3) is 0 Å². The van der Waals surface area contributed by atoms with Gasteiger partial charge in [0.05, 0.1) is 5.69 Å². The van der Waals surface area contributed by atoms with E-state index in [0.29, 0.717) is 0 Å². The maximum atomic E-state index is 5.50. The van der Waals surface area contributed by atoms with Crippen LogP contribution in [-0.4, -0.2) is 46.1 Å². The van der Waals surface area contributed by atoms with E-state index in [0.717, 1.165) is 44.1 Å². The first-order chi connectivity index (χ1) is 9.29. The summed E-state index contributed by atoms with van der Waals surface area (Å²) in [5, 5.41) is 8.45. The van der Waals surface area contributed by atoms with E-state index in [-0.39, 0.29) is 0 Å². The Bertz CT molecular complexity index is 362. The maximum absolute atomic E-state index is 5.50. The van der Waals surface area contributed by atoms with E-state index in [1.54, 1.807) is 0 Å². The number of rotatable bonds is 7. The summed E-state index contributed by atoms with van der Waals surface area (Å²) >= 11 is 0. The summed E-state index contributed by atoms with van der Waals surface area (Å²) in [4.78, 5) is 2.49. The Morgan fingerprint density at radius 2 is 2.26 bits per heavy atom. The molecule has 19 heavy (non-hydrogen) atoms. The van der Waals surface area contributed by atoms with Crippen molar-refractivity contribution in [1.29, 1.82) is 0 Å². The summed E-state index contributed by atoms with van der Waals surface area (Å²) in [6.07, 6.45) is 10.5. The number of aromatic nitrogens is 3. The molecule has 1 unspecified atom stereocenters. The molecule has 0 aromatic carbocycles. The minimum Gasteiger partial charge on any atom is -0.330 e. The number of hydrogen-bond donors (Lipinski definition) is 1. The molecule has 0 spiro atoms. The Hall–Kier alpha value is -0.940.